The highest BCUT2D eigenvalue weighted by Gasteiger charge is 2.21. The van der Waals surface area contributed by atoms with E-state index in [9.17, 15) is 0 Å². The van der Waals surface area contributed by atoms with Crippen molar-refractivity contribution >= 4 is 24.3 Å². The van der Waals surface area contributed by atoms with Gasteiger partial charge in [-0.3, -0.25) is 0 Å². The van der Waals surface area contributed by atoms with Crippen LogP contribution in [0.25, 0.3) is 24.3 Å². The summed E-state index contributed by atoms with van der Waals surface area (Å²) in [7, 11) is 0. The molecule has 0 aromatic heterocycles. The number of hydrogen-bond acceptors (Lipinski definition) is 0. The fraction of sp³-hybridized carbons (Fsp3) is 0.421. The summed E-state index contributed by atoms with van der Waals surface area (Å²) in [6.07, 6.45) is 8.96. The summed E-state index contributed by atoms with van der Waals surface area (Å²) >= 11 is 0. The second kappa shape index (κ2) is 10.7. The van der Waals surface area contributed by atoms with E-state index in [4.69, 9.17) is 0 Å². The fourth-order valence-electron chi connectivity index (χ4n) is 4.33. The van der Waals surface area contributed by atoms with E-state index in [-0.39, 0.29) is 21.7 Å². The van der Waals surface area contributed by atoms with Crippen molar-refractivity contribution in [3.05, 3.63) is 105 Å². The molecule has 3 aromatic carbocycles. The van der Waals surface area contributed by atoms with Gasteiger partial charge in [0.05, 0.1) is 0 Å². The lowest BCUT2D eigenvalue weighted by Crippen LogP contribution is -2.16. The Labute approximate surface area is 233 Å². The monoisotopic (exact) mass is 506 g/mol. The van der Waals surface area contributed by atoms with Crippen LogP contribution >= 0.6 is 0 Å². The molecule has 202 valence electrons. The van der Waals surface area contributed by atoms with Crippen molar-refractivity contribution in [2.45, 2.75) is 105 Å². The molecule has 0 heterocycles. The molecule has 0 aliphatic carbocycles. The van der Waals surface area contributed by atoms with E-state index in [2.05, 4.69) is 168 Å². The predicted molar refractivity (Wildman–Crippen MR) is 172 cm³/mol. The first-order valence-electron chi connectivity index (χ1n) is 14.1. The minimum Gasteiger partial charge on any atom is -0.0561 e. The average Bonchev–Trinajstić information content (AvgIpc) is 2.79. The summed E-state index contributed by atoms with van der Waals surface area (Å²) in [6, 6.07) is 22.9. The third-order valence-electron chi connectivity index (χ3n) is 7.25. The van der Waals surface area contributed by atoms with Crippen LogP contribution in [0.1, 0.15) is 128 Å². The summed E-state index contributed by atoms with van der Waals surface area (Å²) < 4.78 is 0. The number of benzene rings is 3. The lowest BCUT2D eigenvalue weighted by atomic mass is 9.79. The summed E-state index contributed by atoms with van der Waals surface area (Å²) in [5.41, 5.74) is 11.0. The first-order chi connectivity index (χ1) is 17.3. The lowest BCUT2D eigenvalue weighted by molar-refractivity contribution is 0.568. The van der Waals surface area contributed by atoms with Crippen LogP contribution in [-0.4, -0.2) is 0 Å². The van der Waals surface area contributed by atoms with Crippen molar-refractivity contribution in [2.75, 3.05) is 0 Å². The summed E-state index contributed by atoms with van der Waals surface area (Å²) in [5.74, 6) is 0. The molecule has 0 heteroatoms. The molecule has 38 heavy (non-hydrogen) atoms. The fourth-order valence-corrected chi connectivity index (χ4v) is 4.33. The predicted octanol–water partition coefficient (Wildman–Crippen LogP) is 11.2. The summed E-state index contributed by atoms with van der Waals surface area (Å²) in [6.45, 7) is 27.5. The Hall–Kier alpha value is -2.86. The minimum atomic E-state index is 0.123. The van der Waals surface area contributed by atoms with Gasteiger partial charge in [0, 0.05) is 0 Å². The topological polar surface area (TPSA) is 0 Å². The summed E-state index contributed by atoms with van der Waals surface area (Å²) in [5, 5.41) is 0. The Morgan fingerprint density at radius 1 is 0.316 bits per heavy atom. The first kappa shape index (κ1) is 29.7. The summed E-state index contributed by atoms with van der Waals surface area (Å²) in [4.78, 5) is 0. The van der Waals surface area contributed by atoms with Crippen LogP contribution in [0.2, 0.25) is 0 Å². The zero-order valence-corrected chi connectivity index (χ0v) is 26.1. The highest BCUT2D eigenvalue weighted by molar-refractivity contribution is 5.74. The van der Waals surface area contributed by atoms with Crippen molar-refractivity contribution in [3.63, 3.8) is 0 Å². The van der Waals surface area contributed by atoms with Gasteiger partial charge in [-0.15, -0.1) is 0 Å². The molecular formula is C38H50. The molecule has 0 fully saturated rings. The maximum atomic E-state index is 2.38. The van der Waals surface area contributed by atoms with Crippen molar-refractivity contribution in [3.8, 4) is 0 Å². The quantitative estimate of drug-likeness (QED) is 0.309. The van der Waals surface area contributed by atoms with E-state index in [1.54, 1.807) is 0 Å². The second-order valence-electron chi connectivity index (χ2n) is 15.0. The second-order valence-corrected chi connectivity index (χ2v) is 15.0. The third-order valence-corrected chi connectivity index (χ3v) is 7.25. The van der Waals surface area contributed by atoms with Crippen molar-refractivity contribution < 1.29 is 0 Å². The molecule has 3 rings (SSSR count). The van der Waals surface area contributed by atoms with E-state index in [1.807, 2.05) is 0 Å². The Morgan fingerprint density at radius 2 is 0.526 bits per heavy atom. The van der Waals surface area contributed by atoms with Gasteiger partial charge in [-0.25, -0.2) is 0 Å². The van der Waals surface area contributed by atoms with Gasteiger partial charge in [-0.1, -0.05) is 168 Å². The molecule has 0 atom stereocenters. The van der Waals surface area contributed by atoms with Crippen molar-refractivity contribution in [1.82, 2.24) is 0 Å². The first-order valence-corrected chi connectivity index (χ1v) is 14.1. The van der Waals surface area contributed by atoms with Crippen LogP contribution in [-0.2, 0) is 21.7 Å². The molecular weight excluding hydrogens is 456 g/mol. The molecule has 0 radical (unpaired) electrons. The van der Waals surface area contributed by atoms with E-state index < -0.39 is 0 Å². The third kappa shape index (κ3) is 8.07. The van der Waals surface area contributed by atoms with E-state index in [1.165, 1.54) is 44.5 Å². The van der Waals surface area contributed by atoms with Gasteiger partial charge in [0.25, 0.3) is 0 Å². The van der Waals surface area contributed by atoms with Crippen LogP contribution < -0.4 is 0 Å². The molecule has 0 bridgehead atoms. The van der Waals surface area contributed by atoms with Crippen LogP contribution in [0.4, 0.5) is 0 Å². The normalized spacial score (nSPS) is 13.6. The van der Waals surface area contributed by atoms with Gasteiger partial charge in [-0.05, 0) is 66.2 Å². The molecule has 0 unspecified atom stereocenters. The zero-order valence-electron chi connectivity index (χ0n) is 26.1. The number of hydrogen-bond donors (Lipinski definition) is 0. The van der Waals surface area contributed by atoms with E-state index in [0.717, 1.165) is 0 Å². The number of rotatable bonds is 4. The smallest absolute Gasteiger partial charge is 0.0132 e. The largest absolute Gasteiger partial charge is 0.0561 e. The van der Waals surface area contributed by atoms with Gasteiger partial charge in [0.2, 0.25) is 0 Å². The molecule has 0 amide bonds. The van der Waals surface area contributed by atoms with Crippen molar-refractivity contribution in [2.24, 2.45) is 0 Å². The molecule has 0 aliphatic heterocycles. The maximum Gasteiger partial charge on any atom is -0.0132 e. The van der Waals surface area contributed by atoms with Crippen LogP contribution in [0, 0.1) is 0 Å². The minimum absolute atomic E-state index is 0.123. The molecule has 0 saturated heterocycles. The highest BCUT2D eigenvalue weighted by Crippen LogP contribution is 2.32. The molecule has 0 saturated carbocycles. The van der Waals surface area contributed by atoms with Gasteiger partial charge in [-0.2, -0.15) is 0 Å². The molecule has 3 aromatic rings. The molecule has 0 N–H and O–H groups in total. The van der Waals surface area contributed by atoms with E-state index >= 15 is 0 Å². The molecule has 0 aliphatic rings. The van der Waals surface area contributed by atoms with E-state index in [0.29, 0.717) is 0 Å². The zero-order chi connectivity index (χ0) is 28.5. The van der Waals surface area contributed by atoms with Crippen molar-refractivity contribution in [1.29, 1.82) is 0 Å². The Bertz CT molecular complexity index is 1130. The average molecular weight is 507 g/mol. The Balaban J connectivity index is 1.85. The van der Waals surface area contributed by atoms with Gasteiger partial charge in [0.15, 0.2) is 0 Å². The maximum absolute atomic E-state index is 2.38. The van der Waals surface area contributed by atoms with Gasteiger partial charge < -0.3 is 0 Å². The van der Waals surface area contributed by atoms with Crippen LogP contribution in [0.3, 0.4) is 0 Å². The SMILES string of the molecule is CC(C)(C)c1cc(C=Cc2ccc(C=Cc3cc(C(C)(C)C)cc(C(C)(C)C)c3)cc2)cc(C(C)(C)C)c1. The Kier molecular flexibility index (Phi) is 8.38. The van der Waals surface area contributed by atoms with Gasteiger partial charge >= 0.3 is 0 Å². The van der Waals surface area contributed by atoms with Gasteiger partial charge in [0.1, 0.15) is 0 Å². The highest BCUT2D eigenvalue weighted by atomic mass is 14.3. The molecule has 0 nitrogen and oxygen atoms in total. The van der Waals surface area contributed by atoms with Crippen LogP contribution in [0.5, 0.6) is 0 Å². The standard InChI is InChI=1S/C38H50/c1-35(2,3)31-21-29(22-32(25-31)36(4,5)6)19-17-27-13-15-28(16-14-27)18-20-30-23-33(37(7,8)9)26-34(24-30)38(10,11)12/h13-26H,1-12H3. The molecule has 0 spiro atoms. The van der Waals surface area contributed by atoms with Crippen LogP contribution in [0.15, 0.2) is 60.7 Å². The lowest BCUT2D eigenvalue weighted by Gasteiger charge is -2.25. The Morgan fingerprint density at radius 3 is 0.737 bits per heavy atom.